The molecule has 14 heteroatoms. The molecule has 0 radical (unpaired) electrons. The molecule has 1 saturated carbocycles. The molecule has 1 aromatic heterocycles. The Morgan fingerprint density at radius 2 is 1.85 bits per heavy atom. The fourth-order valence-corrected chi connectivity index (χ4v) is 7.06. The zero-order valence-corrected chi connectivity index (χ0v) is 24.5. The van der Waals surface area contributed by atoms with E-state index < -0.39 is 34.6 Å². The summed E-state index contributed by atoms with van der Waals surface area (Å²) in [5, 5.41) is 6.60. The molecule has 3 N–H and O–H groups in total. The number of rotatable bonds is 8. The Morgan fingerprint density at radius 3 is 2.54 bits per heavy atom. The van der Waals surface area contributed by atoms with E-state index in [1.807, 2.05) is 7.05 Å². The summed E-state index contributed by atoms with van der Waals surface area (Å²) < 4.78 is 27.4. The fraction of sp³-hybridized carbons (Fsp3) is 0.520. The number of hydrogen-bond acceptors (Lipinski definition) is 8. The normalized spacial score (nSPS) is 21.6. The molecule has 2 aromatic rings. The van der Waals surface area contributed by atoms with Crippen LogP contribution in [-0.4, -0.2) is 87.2 Å². The van der Waals surface area contributed by atoms with Gasteiger partial charge in [0.25, 0.3) is 5.91 Å². The third-order valence-corrected chi connectivity index (χ3v) is 9.72. The molecule has 1 aliphatic heterocycles. The van der Waals surface area contributed by atoms with Crippen LogP contribution in [0.25, 0.3) is 0 Å². The first-order valence-corrected chi connectivity index (χ1v) is 15.3. The Kier molecular flexibility index (Phi) is 9.27. The van der Waals surface area contributed by atoms with Crippen molar-refractivity contribution in [2.24, 2.45) is 5.92 Å². The quantitative estimate of drug-likeness (QED) is 0.416. The minimum atomic E-state index is -3.92. The van der Waals surface area contributed by atoms with Crippen LogP contribution in [0, 0.1) is 5.92 Å². The first-order chi connectivity index (χ1) is 18.4. The van der Waals surface area contributed by atoms with Crippen LogP contribution in [0.3, 0.4) is 0 Å². The predicted octanol–water partition coefficient (Wildman–Crippen LogP) is 1.23. The lowest BCUT2D eigenvalue weighted by atomic mass is 9.81. The number of thiazole rings is 1. The average molecular weight is 597 g/mol. The van der Waals surface area contributed by atoms with Crippen LogP contribution in [0.4, 0.5) is 0 Å². The minimum absolute atomic E-state index is 0.00937. The smallest absolute Gasteiger partial charge is 0.280 e. The molecule has 39 heavy (non-hydrogen) atoms. The molecule has 0 bridgehead atoms. The standard InChI is InChI=1S/C25H33ClN6O5S2/c1-31(2)25(35)15-4-9-18(28-22(33)13-27-39(36,37)17-7-5-16(26)6-8-17)20(12-15)29-23(34)24-30-19-10-11-32(3)14-21(19)38-24/h5-8,15,18,20,27H,4,9-14H2,1-3H3,(H,28,33)(H,29,34). The van der Waals surface area contributed by atoms with Crippen molar-refractivity contribution in [3.8, 4) is 0 Å². The summed E-state index contributed by atoms with van der Waals surface area (Å²) in [5.41, 5.74) is 0.936. The molecule has 2 heterocycles. The number of nitrogens with zero attached hydrogens (tertiary/aromatic N) is 3. The lowest BCUT2D eigenvalue weighted by Crippen LogP contribution is -2.57. The molecular formula is C25H33ClN6O5S2. The van der Waals surface area contributed by atoms with Crippen molar-refractivity contribution in [2.45, 2.75) is 49.2 Å². The van der Waals surface area contributed by atoms with E-state index in [-0.39, 0.29) is 22.6 Å². The Morgan fingerprint density at radius 1 is 1.13 bits per heavy atom. The molecule has 4 rings (SSSR count). The largest absolute Gasteiger partial charge is 0.350 e. The van der Waals surface area contributed by atoms with Crippen LogP contribution in [0.2, 0.25) is 5.02 Å². The van der Waals surface area contributed by atoms with E-state index in [0.29, 0.717) is 29.3 Å². The van der Waals surface area contributed by atoms with Crippen molar-refractivity contribution in [1.82, 2.24) is 30.1 Å². The van der Waals surface area contributed by atoms with Crippen LogP contribution >= 0.6 is 22.9 Å². The zero-order chi connectivity index (χ0) is 28.3. The van der Waals surface area contributed by atoms with Gasteiger partial charge in [-0.05, 0) is 50.6 Å². The molecule has 0 saturated heterocycles. The second kappa shape index (κ2) is 12.3. The maximum atomic E-state index is 13.2. The summed E-state index contributed by atoms with van der Waals surface area (Å²) in [6.45, 7) is 1.15. The Balaban J connectivity index is 1.43. The maximum absolute atomic E-state index is 13.2. The van der Waals surface area contributed by atoms with E-state index in [1.165, 1.54) is 40.5 Å². The molecule has 2 aliphatic rings. The number of amides is 3. The van der Waals surface area contributed by atoms with Gasteiger partial charge in [0.05, 0.1) is 23.2 Å². The summed E-state index contributed by atoms with van der Waals surface area (Å²) in [6.07, 6.45) is 2.10. The molecule has 3 amide bonds. The van der Waals surface area contributed by atoms with Gasteiger partial charge in [-0.1, -0.05) is 11.6 Å². The van der Waals surface area contributed by atoms with E-state index >= 15 is 0 Å². The number of benzene rings is 1. The van der Waals surface area contributed by atoms with Gasteiger partial charge in [-0.3, -0.25) is 14.4 Å². The number of nitrogens with one attached hydrogen (secondary N) is 3. The lowest BCUT2D eigenvalue weighted by Gasteiger charge is -2.37. The first kappa shape index (κ1) is 29.4. The van der Waals surface area contributed by atoms with E-state index in [4.69, 9.17) is 11.6 Å². The molecule has 1 aliphatic carbocycles. The van der Waals surface area contributed by atoms with Gasteiger partial charge in [0.15, 0.2) is 5.01 Å². The number of sulfonamides is 1. The van der Waals surface area contributed by atoms with Crippen LogP contribution in [0.1, 0.15) is 39.6 Å². The molecule has 212 valence electrons. The highest BCUT2D eigenvalue weighted by Gasteiger charge is 2.37. The second-order valence-corrected chi connectivity index (χ2v) is 13.4. The number of carbonyl (C=O) groups excluding carboxylic acids is 3. The van der Waals surface area contributed by atoms with E-state index in [1.54, 1.807) is 14.1 Å². The fourth-order valence-electron chi connectivity index (χ4n) is 4.86. The van der Waals surface area contributed by atoms with Crippen molar-refractivity contribution in [3.05, 3.63) is 44.9 Å². The maximum Gasteiger partial charge on any atom is 0.280 e. The molecule has 3 atom stereocenters. The third-order valence-electron chi connectivity index (χ3n) is 6.97. The van der Waals surface area contributed by atoms with Crippen LogP contribution in [0.15, 0.2) is 29.2 Å². The van der Waals surface area contributed by atoms with Gasteiger partial charge in [-0.15, -0.1) is 11.3 Å². The SMILES string of the molecule is CN1CCc2nc(C(=O)NC3CC(C(=O)N(C)C)CCC3NC(=O)CNS(=O)(=O)c3ccc(Cl)cc3)sc2C1. The van der Waals surface area contributed by atoms with E-state index in [9.17, 15) is 22.8 Å². The third kappa shape index (κ3) is 7.34. The van der Waals surface area contributed by atoms with Gasteiger partial charge in [-0.25, -0.2) is 18.1 Å². The minimum Gasteiger partial charge on any atom is -0.350 e. The van der Waals surface area contributed by atoms with Crippen LogP contribution in [-0.2, 0) is 32.6 Å². The van der Waals surface area contributed by atoms with Crippen molar-refractivity contribution in [3.63, 3.8) is 0 Å². The molecular weight excluding hydrogens is 564 g/mol. The lowest BCUT2D eigenvalue weighted by molar-refractivity contribution is -0.134. The van der Waals surface area contributed by atoms with Gasteiger partial charge in [0.1, 0.15) is 0 Å². The van der Waals surface area contributed by atoms with Crippen LogP contribution in [0.5, 0.6) is 0 Å². The Labute approximate surface area is 237 Å². The van der Waals surface area contributed by atoms with E-state index in [2.05, 4.69) is 25.2 Å². The second-order valence-electron chi connectivity index (χ2n) is 10.2. The van der Waals surface area contributed by atoms with Gasteiger partial charge < -0.3 is 20.4 Å². The summed E-state index contributed by atoms with van der Waals surface area (Å²) in [5.74, 6) is -1.23. The highest BCUT2D eigenvalue weighted by atomic mass is 35.5. The highest BCUT2D eigenvalue weighted by molar-refractivity contribution is 7.89. The number of hydrogen-bond donors (Lipinski definition) is 3. The van der Waals surface area contributed by atoms with Crippen LogP contribution < -0.4 is 15.4 Å². The highest BCUT2D eigenvalue weighted by Crippen LogP contribution is 2.28. The van der Waals surface area contributed by atoms with Crippen molar-refractivity contribution in [1.29, 1.82) is 0 Å². The summed E-state index contributed by atoms with van der Waals surface area (Å²) >= 11 is 7.19. The van der Waals surface area contributed by atoms with Gasteiger partial charge in [-0.2, -0.15) is 0 Å². The molecule has 0 spiro atoms. The summed E-state index contributed by atoms with van der Waals surface area (Å²) in [4.78, 5) is 48.0. The van der Waals surface area contributed by atoms with Gasteiger partial charge in [0, 0.05) is 55.5 Å². The van der Waals surface area contributed by atoms with Crippen molar-refractivity contribution >= 4 is 50.7 Å². The Bertz CT molecular complexity index is 1330. The monoisotopic (exact) mass is 596 g/mol. The number of carbonyl (C=O) groups is 3. The predicted molar refractivity (Wildman–Crippen MR) is 148 cm³/mol. The number of aromatic nitrogens is 1. The number of halogens is 1. The number of fused-ring (bicyclic) bond motifs is 1. The summed E-state index contributed by atoms with van der Waals surface area (Å²) in [6, 6.07) is 4.60. The average Bonchev–Trinajstić information content (AvgIpc) is 3.32. The molecule has 1 fully saturated rings. The first-order valence-electron chi connectivity index (χ1n) is 12.7. The molecule has 1 aromatic carbocycles. The molecule has 11 nitrogen and oxygen atoms in total. The van der Waals surface area contributed by atoms with Crippen molar-refractivity contribution < 1.29 is 22.8 Å². The van der Waals surface area contributed by atoms with Gasteiger partial charge >= 0.3 is 0 Å². The van der Waals surface area contributed by atoms with E-state index in [0.717, 1.165) is 30.1 Å². The van der Waals surface area contributed by atoms with Crippen molar-refractivity contribution in [2.75, 3.05) is 34.2 Å². The topological polar surface area (TPSA) is 141 Å². The Hall–Kier alpha value is -2.58. The zero-order valence-electron chi connectivity index (χ0n) is 22.1. The summed E-state index contributed by atoms with van der Waals surface area (Å²) in [7, 11) is 1.48. The molecule has 3 unspecified atom stereocenters. The number of likely N-dealkylation sites (N-methyl/N-ethyl adjacent to an activating group) is 1. The van der Waals surface area contributed by atoms with Gasteiger partial charge in [0.2, 0.25) is 21.8 Å².